The highest BCUT2D eigenvalue weighted by Crippen LogP contribution is 2.39. The molecule has 0 bridgehead atoms. The Morgan fingerprint density at radius 3 is 2.59 bits per heavy atom. The van der Waals surface area contributed by atoms with Crippen LogP contribution in [0.5, 0.6) is 0 Å². The van der Waals surface area contributed by atoms with E-state index in [4.69, 9.17) is 22.1 Å². The third kappa shape index (κ3) is 4.83. The summed E-state index contributed by atoms with van der Waals surface area (Å²) in [6.45, 7) is 2.58. The molecule has 5 nitrogen and oxygen atoms in total. The van der Waals surface area contributed by atoms with E-state index in [1.165, 1.54) is 25.7 Å². The van der Waals surface area contributed by atoms with Crippen molar-refractivity contribution >= 4 is 23.4 Å². The summed E-state index contributed by atoms with van der Waals surface area (Å²) >= 11 is 6.03. The highest BCUT2D eigenvalue weighted by molar-refractivity contribution is 6.35. The minimum absolute atomic E-state index is 0.0948. The number of carbonyl (C=O) groups is 1. The van der Waals surface area contributed by atoms with Crippen molar-refractivity contribution < 1.29 is 9.53 Å². The van der Waals surface area contributed by atoms with Crippen LogP contribution < -0.4 is 5.73 Å². The molecular formula is C16H24ClN3O2. The Hall–Kier alpha value is -1.36. The number of nitrogens with zero attached hydrogens (tertiary/aromatic N) is 2. The highest BCUT2D eigenvalue weighted by Gasteiger charge is 2.29. The monoisotopic (exact) mass is 325 g/mol. The molecule has 0 unspecified atom stereocenters. The first-order chi connectivity index (χ1) is 10.6. The van der Waals surface area contributed by atoms with Crippen LogP contribution in [0.4, 0.5) is 5.82 Å². The molecule has 1 aromatic rings. The van der Waals surface area contributed by atoms with Crippen LogP contribution in [0.2, 0.25) is 5.02 Å². The number of esters is 1. The molecule has 1 aliphatic carbocycles. The van der Waals surface area contributed by atoms with Crippen LogP contribution >= 0.6 is 11.6 Å². The number of carbonyl (C=O) groups excluding carboxylic acids is 1. The lowest BCUT2D eigenvalue weighted by molar-refractivity contribution is 0.0490. The Balaban J connectivity index is 1.82. The molecule has 0 aromatic carbocycles. The Morgan fingerprint density at radius 2 is 1.91 bits per heavy atom. The van der Waals surface area contributed by atoms with Gasteiger partial charge in [-0.25, -0.2) is 14.8 Å². The second kappa shape index (κ2) is 8.32. The van der Waals surface area contributed by atoms with Crippen molar-refractivity contribution in [2.45, 2.75) is 64.2 Å². The number of halogens is 1. The molecule has 0 amide bonds. The van der Waals surface area contributed by atoms with Crippen molar-refractivity contribution in [3.05, 3.63) is 16.5 Å². The number of hydrogen-bond donors (Lipinski definition) is 1. The molecule has 0 radical (unpaired) electrons. The second-order valence-corrected chi connectivity index (χ2v) is 6.19. The zero-order valence-corrected chi connectivity index (χ0v) is 13.9. The molecule has 1 saturated carbocycles. The lowest BCUT2D eigenvalue weighted by atomic mass is 10.1. The van der Waals surface area contributed by atoms with E-state index in [-0.39, 0.29) is 16.5 Å². The lowest BCUT2D eigenvalue weighted by Crippen LogP contribution is -2.13. The molecule has 122 valence electrons. The van der Waals surface area contributed by atoms with Gasteiger partial charge in [-0.3, -0.25) is 0 Å². The van der Waals surface area contributed by atoms with Gasteiger partial charge in [0.1, 0.15) is 16.7 Å². The molecule has 1 heterocycles. The van der Waals surface area contributed by atoms with Gasteiger partial charge in [0.15, 0.2) is 5.69 Å². The van der Waals surface area contributed by atoms with E-state index < -0.39 is 5.97 Å². The second-order valence-electron chi connectivity index (χ2n) is 5.81. The fraction of sp³-hybridized carbons (Fsp3) is 0.688. The molecule has 0 atom stereocenters. The van der Waals surface area contributed by atoms with E-state index in [1.54, 1.807) is 0 Å². The third-order valence-corrected chi connectivity index (χ3v) is 4.13. The predicted molar refractivity (Wildman–Crippen MR) is 87.1 cm³/mol. The van der Waals surface area contributed by atoms with Crippen LogP contribution in [0.15, 0.2) is 0 Å². The van der Waals surface area contributed by atoms with E-state index in [0.717, 1.165) is 25.7 Å². The fourth-order valence-corrected chi connectivity index (χ4v) is 2.42. The summed E-state index contributed by atoms with van der Waals surface area (Å²) in [4.78, 5) is 20.5. The first-order valence-corrected chi connectivity index (χ1v) is 8.51. The number of rotatable bonds is 9. The van der Waals surface area contributed by atoms with E-state index >= 15 is 0 Å². The van der Waals surface area contributed by atoms with Gasteiger partial charge in [0.25, 0.3) is 0 Å². The molecule has 2 rings (SSSR count). The zero-order chi connectivity index (χ0) is 15.9. The van der Waals surface area contributed by atoms with Gasteiger partial charge in [0, 0.05) is 5.92 Å². The van der Waals surface area contributed by atoms with Gasteiger partial charge in [-0.1, -0.05) is 50.6 Å². The van der Waals surface area contributed by atoms with Gasteiger partial charge >= 0.3 is 5.97 Å². The lowest BCUT2D eigenvalue weighted by Gasteiger charge is -2.08. The minimum atomic E-state index is -0.505. The molecule has 0 spiro atoms. The van der Waals surface area contributed by atoms with E-state index in [0.29, 0.717) is 18.3 Å². The molecule has 0 saturated heterocycles. The quantitative estimate of drug-likeness (QED) is 0.546. The van der Waals surface area contributed by atoms with Crippen molar-refractivity contribution in [1.82, 2.24) is 9.97 Å². The number of anilines is 1. The van der Waals surface area contributed by atoms with E-state index in [2.05, 4.69) is 16.9 Å². The van der Waals surface area contributed by atoms with Crippen molar-refractivity contribution in [3.8, 4) is 0 Å². The van der Waals surface area contributed by atoms with Crippen molar-refractivity contribution in [2.24, 2.45) is 0 Å². The maximum absolute atomic E-state index is 12.1. The van der Waals surface area contributed by atoms with Crippen LogP contribution in [-0.2, 0) is 4.74 Å². The average Bonchev–Trinajstić information content (AvgIpc) is 3.33. The van der Waals surface area contributed by atoms with Crippen molar-refractivity contribution in [2.75, 3.05) is 12.3 Å². The Kier molecular flexibility index (Phi) is 6.43. The number of aromatic nitrogens is 2. The Labute approximate surface area is 136 Å². The molecule has 1 aliphatic rings. The third-order valence-electron chi connectivity index (χ3n) is 3.76. The van der Waals surface area contributed by atoms with Gasteiger partial charge in [-0.2, -0.15) is 0 Å². The molecule has 1 aromatic heterocycles. The summed E-state index contributed by atoms with van der Waals surface area (Å²) in [5, 5.41) is 0.0948. The van der Waals surface area contributed by atoms with E-state index in [9.17, 15) is 4.79 Å². The maximum Gasteiger partial charge on any atom is 0.358 e. The van der Waals surface area contributed by atoms with E-state index in [1.807, 2.05) is 0 Å². The van der Waals surface area contributed by atoms with Crippen LogP contribution in [0.3, 0.4) is 0 Å². The van der Waals surface area contributed by atoms with Gasteiger partial charge < -0.3 is 10.5 Å². The average molecular weight is 326 g/mol. The first-order valence-electron chi connectivity index (χ1n) is 8.13. The van der Waals surface area contributed by atoms with Crippen LogP contribution in [0, 0.1) is 0 Å². The fourth-order valence-electron chi connectivity index (χ4n) is 2.26. The predicted octanol–water partition coefficient (Wildman–Crippen LogP) is 4.11. The number of unbranched alkanes of at least 4 members (excludes halogenated alkanes) is 5. The normalized spacial score (nSPS) is 14.1. The topological polar surface area (TPSA) is 78.1 Å². The van der Waals surface area contributed by atoms with Gasteiger partial charge in [-0.15, -0.1) is 0 Å². The SMILES string of the molecule is CCCCCCCCOC(=O)c1nc(C2CC2)nc(N)c1Cl. The van der Waals surface area contributed by atoms with Crippen LogP contribution in [0.1, 0.15) is 80.5 Å². The first kappa shape index (κ1) is 17.0. The number of ether oxygens (including phenoxy) is 1. The van der Waals surface area contributed by atoms with Crippen molar-refractivity contribution in [1.29, 1.82) is 0 Å². The van der Waals surface area contributed by atoms with Crippen LogP contribution in [0.25, 0.3) is 0 Å². The highest BCUT2D eigenvalue weighted by atomic mass is 35.5. The smallest absolute Gasteiger partial charge is 0.358 e. The summed E-state index contributed by atoms with van der Waals surface area (Å²) in [5.41, 5.74) is 5.86. The number of hydrogen-bond acceptors (Lipinski definition) is 5. The van der Waals surface area contributed by atoms with Gasteiger partial charge in [0.2, 0.25) is 0 Å². The minimum Gasteiger partial charge on any atom is -0.461 e. The Bertz CT molecular complexity index is 518. The molecule has 1 fully saturated rings. The molecule has 2 N–H and O–H groups in total. The summed E-state index contributed by atoms with van der Waals surface area (Å²) in [6, 6.07) is 0. The molecule has 22 heavy (non-hydrogen) atoms. The largest absolute Gasteiger partial charge is 0.461 e. The molecule has 6 heteroatoms. The van der Waals surface area contributed by atoms with Crippen LogP contribution in [-0.4, -0.2) is 22.5 Å². The van der Waals surface area contributed by atoms with Crippen molar-refractivity contribution in [3.63, 3.8) is 0 Å². The van der Waals surface area contributed by atoms with Gasteiger partial charge in [0.05, 0.1) is 6.61 Å². The van der Waals surface area contributed by atoms with Gasteiger partial charge in [-0.05, 0) is 19.3 Å². The standard InChI is InChI=1S/C16H24ClN3O2/c1-2-3-4-5-6-7-10-22-16(21)13-12(17)14(18)20-15(19-13)11-8-9-11/h11H,2-10H2,1H3,(H2,18,19,20). The number of nitrogen functional groups attached to an aromatic ring is 1. The number of nitrogens with two attached hydrogens (primary N) is 1. The Morgan fingerprint density at radius 1 is 1.23 bits per heavy atom. The summed E-state index contributed by atoms with van der Waals surface area (Å²) in [5.74, 6) is 0.567. The summed E-state index contributed by atoms with van der Waals surface area (Å²) in [6.07, 6.45) is 8.91. The zero-order valence-electron chi connectivity index (χ0n) is 13.1. The molecule has 0 aliphatic heterocycles. The maximum atomic E-state index is 12.1. The summed E-state index contributed by atoms with van der Waals surface area (Å²) in [7, 11) is 0. The summed E-state index contributed by atoms with van der Waals surface area (Å²) < 4.78 is 5.26. The molecular weight excluding hydrogens is 302 g/mol.